The van der Waals surface area contributed by atoms with Crippen molar-refractivity contribution in [2.45, 2.75) is 83.9 Å². The molecule has 2 N–H and O–H groups in total. The average Bonchev–Trinajstić information content (AvgIpc) is 2.42. The van der Waals surface area contributed by atoms with Crippen LogP contribution in [0.15, 0.2) is 30.3 Å². The molecular weight excluding hydrogens is 403 g/mol. The van der Waals surface area contributed by atoms with Crippen molar-refractivity contribution >= 4 is 33.8 Å². The third kappa shape index (κ3) is 10.9. The Labute approximate surface area is 171 Å². The van der Waals surface area contributed by atoms with Crippen LogP contribution in [-0.4, -0.2) is 33.8 Å². The minimum absolute atomic E-state index is 0.0449. The van der Waals surface area contributed by atoms with Crippen LogP contribution >= 0.6 is 0 Å². The second-order valence-corrected chi connectivity index (χ2v) is 27.2. The lowest BCUT2D eigenvalue weighted by atomic mass is 10.0. The van der Waals surface area contributed by atoms with Gasteiger partial charge in [0, 0.05) is 12.1 Å². The van der Waals surface area contributed by atoms with Crippen LogP contribution in [0.4, 0.5) is 0 Å². The van der Waals surface area contributed by atoms with E-state index in [1.165, 1.54) is 5.56 Å². The van der Waals surface area contributed by atoms with Gasteiger partial charge in [-0.2, -0.15) is 0 Å². The summed E-state index contributed by atoms with van der Waals surface area (Å²) in [6, 6.07) is 11.2. The Balaban J connectivity index is 2.96. The van der Waals surface area contributed by atoms with Gasteiger partial charge >= 0.3 is 8.80 Å². The molecule has 0 spiro atoms. The first-order valence-electron chi connectivity index (χ1n) is 10.0. The molecule has 0 aliphatic heterocycles. The summed E-state index contributed by atoms with van der Waals surface area (Å²) in [6.45, 7) is 20.1. The van der Waals surface area contributed by atoms with Crippen molar-refractivity contribution in [3.8, 4) is 0 Å². The topological polar surface area (TPSA) is 53.7 Å². The zero-order chi connectivity index (χ0) is 20.9. The van der Waals surface area contributed by atoms with E-state index in [2.05, 4.69) is 71.1 Å². The molecule has 0 aliphatic carbocycles. The van der Waals surface area contributed by atoms with E-state index in [9.17, 15) is 0 Å². The van der Waals surface area contributed by atoms with E-state index in [1.807, 2.05) is 18.2 Å². The van der Waals surface area contributed by atoms with Crippen LogP contribution in [0.3, 0.4) is 0 Å². The summed E-state index contributed by atoms with van der Waals surface area (Å²) in [6.07, 6.45) is 1.87. The van der Waals surface area contributed by atoms with E-state index in [0.29, 0.717) is 0 Å². The minimum Gasteiger partial charge on any atom is -0.417 e. The van der Waals surface area contributed by atoms with Gasteiger partial charge in [-0.05, 0) is 77.3 Å². The molecule has 8 heteroatoms. The Bertz CT molecular complexity index is 524. The maximum Gasteiger partial charge on any atom is 0.469 e. The highest BCUT2D eigenvalue weighted by Gasteiger charge is 2.49. The fourth-order valence-electron chi connectivity index (χ4n) is 3.02. The lowest BCUT2D eigenvalue weighted by molar-refractivity contribution is 0.249. The molecule has 0 heterocycles. The third-order valence-electron chi connectivity index (χ3n) is 3.61. The van der Waals surface area contributed by atoms with E-state index in [0.717, 1.165) is 18.9 Å². The standard InChI is InChI=1S/C19H41NO3Si4/c1-24(2,3)21-27(22-25(4,5)6,23-26(7,8)9)17-13-16-19(20)18-14-11-10-12-15-18/h10-12,14-15,19H,13,16-17,20H2,1-9H3. The van der Waals surface area contributed by atoms with Gasteiger partial charge in [-0.25, -0.2) is 0 Å². The fraction of sp³-hybridized carbons (Fsp3) is 0.684. The van der Waals surface area contributed by atoms with Crippen molar-refractivity contribution in [3.63, 3.8) is 0 Å². The summed E-state index contributed by atoms with van der Waals surface area (Å²) in [4.78, 5) is 0. The summed E-state index contributed by atoms with van der Waals surface area (Å²) in [7, 11) is -8.17. The Hall–Kier alpha value is -0.0725. The van der Waals surface area contributed by atoms with E-state index >= 15 is 0 Å². The fourth-order valence-corrected chi connectivity index (χ4v) is 17.7. The third-order valence-corrected chi connectivity index (χ3v) is 15.7. The van der Waals surface area contributed by atoms with Crippen LogP contribution in [0.5, 0.6) is 0 Å². The first-order valence-corrected chi connectivity index (χ1v) is 22.2. The molecule has 0 saturated heterocycles. The summed E-state index contributed by atoms with van der Waals surface area (Å²) >= 11 is 0. The van der Waals surface area contributed by atoms with E-state index < -0.39 is 33.8 Å². The molecule has 0 bridgehead atoms. The number of hydrogen-bond donors (Lipinski definition) is 1. The lowest BCUT2D eigenvalue weighted by Gasteiger charge is -2.43. The van der Waals surface area contributed by atoms with Gasteiger partial charge in [0.25, 0.3) is 0 Å². The first kappa shape index (κ1) is 25.0. The van der Waals surface area contributed by atoms with Crippen LogP contribution in [0, 0.1) is 0 Å². The van der Waals surface area contributed by atoms with Crippen molar-refractivity contribution in [2.24, 2.45) is 5.73 Å². The highest BCUT2D eigenvalue weighted by molar-refractivity contribution is 6.90. The van der Waals surface area contributed by atoms with Gasteiger partial charge in [-0.3, -0.25) is 0 Å². The van der Waals surface area contributed by atoms with Gasteiger partial charge in [-0.15, -0.1) is 0 Å². The highest BCUT2D eigenvalue weighted by Crippen LogP contribution is 2.31. The van der Waals surface area contributed by atoms with Gasteiger partial charge in [0.15, 0.2) is 25.0 Å². The maximum atomic E-state index is 6.73. The van der Waals surface area contributed by atoms with Crippen LogP contribution in [0.25, 0.3) is 0 Å². The maximum absolute atomic E-state index is 6.73. The number of nitrogens with two attached hydrogens (primary N) is 1. The Morgan fingerprint density at radius 2 is 1.15 bits per heavy atom. The summed E-state index contributed by atoms with van der Waals surface area (Å²) in [5.41, 5.74) is 7.61. The predicted octanol–water partition coefficient (Wildman–Crippen LogP) is 5.96. The van der Waals surface area contributed by atoms with E-state index in [4.69, 9.17) is 18.1 Å². The molecule has 27 heavy (non-hydrogen) atoms. The quantitative estimate of drug-likeness (QED) is 0.429. The van der Waals surface area contributed by atoms with Crippen LogP contribution in [-0.2, 0) is 12.3 Å². The summed E-state index contributed by atoms with van der Waals surface area (Å²) < 4.78 is 20.2. The normalized spacial score (nSPS) is 15.0. The summed E-state index contributed by atoms with van der Waals surface area (Å²) in [5, 5.41) is 0. The van der Waals surface area contributed by atoms with E-state index in [1.54, 1.807) is 0 Å². The van der Waals surface area contributed by atoms with Crippen LogP contribution in [0.1, 0.15) is 24.4 Å². The van der Waals surface area contributed by atoms with Gasteiger partial charge in [-0.1, -0.05) is 30.3 Å². The molecule has 1 unspecified atom stereocenters. The number of rotatable bonds is 11. The minimum atomic E-state index is -2.74. The second kappa shape index (κ2) is 9.62. The van der Waals surface area contributed by atoms with Gasteiger partial charge < -0.3 is 18.1 Å². The second-order valence-electron chi connectivity index (χ2n) is 10.2. The molecular formula is C19H41NO3Si4. The molecule has 1 aromatic carbocycles. The zero-order valence-corrected chi connectivity index (χ0v) is 22.9. The SMILES string of the molecule is C[Si](C)(C)O[Si](CCCC(N)c1ccccc1)(O[Si](C)(C)C)O[Si](C)(C)C. The highest BCUT2D eigenvalue weighted by atomic mass is 28.5. The average molecular weight is 444 g/mol. The molecule has 0 saturated carbocycles. The molecule has 1 rings (SSSR count). The molecule has 0 radical (unpaired) electrons. The lowest BCUT2D eigenvalue weighted by Crippen LogP contribution is -2.60. The molecule has 0 fully saturated rings. The van der Waals surface area contributed by atoms with Gasteiger partial charge in [0.05, 0.1) is 0 Å². The van der Waals surface area contributed by atoms with Crippen molar-refractivity contribution in [1.29, 1.82) is 0 Å². The number of hydrogen-bond acceptors (Lipinski definition) is 4. The number of benzene rings is 1. The monoisotopic (exact) mass is 443 g/mol. The van der Waals surface area contributed by atoms with E-state index in [-0.39, 0.29) is 6.04 Å². The molecule has 4 nitrogen and oxygen atoms in total. The van der Waals surface area contributed by atoms with Crippen molar-refractivity contribution in [3.05, 3.63) is 35.9 Å². The van der Waals surface area contributed by atoms with Crippen molar-refractivity contribution in [1.82, 2.24) is 0 Å². The predicted molar refractivity (Wildman–Crippen MR) is 126 cm³/mol. The molecule has 1 aromatic rings. The first-order chi connectivity index (χ1) is 12.1. The van der Waals surface area contributed by atoms with Gasteiger partial charge in [0.2, 0.25) is 0 Å². The molecule has 0 aromatic heterocycles. The van der Waals surface area contributed by atoms with Crippen molar-refractivity contribution in [2.75, 3.05) is 0 Å². The largest absolute Gasteiger partial charge is 0.469 e. The zero-order valence-electron chi connectivity index (χ0n) is 18.9. The van der Waals surface area contributed by atoms with Gasteiger partial charge in [0.1, 0.15) is 0 Å². The van der Waals surface area contributed by atoms with Crippen LogP contribution < -0.4 is 5.73 Å². The molecule has 0 amide bonds. The Morgan fingerprint density at radius 1 is 0.741 bits per heavy atom. The Morgan fingerprint density at radius 3 is 1.52 bits per heavy atom. The molecule has 0 aliphatic rings. The van der Waals surface area contributed by atoms with Crippen molar-refractivity contribution < 1.29 is 12.3 Å². The summed E-state index contributed by atoms with van der Waals surface area (Å²) in [5.74, 6) is 0. The molecule has 1 atom stereocenters. The van der Waals surface area contributed by atoms with Crippen LogP contribution in [0.2, 0.25) is 65.0 Å². The Kier molecular flexibility index (Phi) is 8.89. The molecule has 156 valence electrons. The smallest absolute Gasteiger partial charge is 0.417 e.